The first-order chi connectivity index (χ1) is 9.90. The Bertz CT molecular complexity index is 634. The molecule has 0 spiro atoms. The minimum atomic E-state index is -4.46. The Morgan fingerprint density at radius 3 is 2.71 bits per heavy atom. The third-order valence-corrected chi connectivity index (χ3v) is 2.62. The molecule has 0 aliphatic rings. The number of methoxy groups -OCH3 is 1. The summed E-state index contributed by atoms with van der Waals surface area (Å²) in [5, 5.41) is 2.35. The van der Waals surface area contributed by atoms with Crippen LogP contribution in [0.15, 0.2) is 40.8 Å². The molecule has 0 saturated carbocycles. The second-order valence-corrected chi connectivity index (χ2v) is 4.23. The van der Waals surface area contributed by atoms with Gasteiger partial charge in [-0.05, 0) is 30.3 Å². The maximum atomic E-state index is 12.6. The molecule has 2 rings (SSSR count). The molecule has 1 aromatic carbocycles. The van der Waals surface area contributed by atoms with Gasteiger partial charge in [0.05, 0.1) is 5.56 Å². The van der Waals surface area contributed by atoms with Crippen LogP contribution in [0.4, 0.5) is 18.9 Å². The number of rotatable bonds is 4. The summed E-state index contributed by atoms with van der Waals surface area (Å²) in [4.78, 5) is 11.9. The standard InChI is InChI=1S/C14H12F3NO3/c1-20-8-11-5-6-12(21-11)13(19)18-10-4-2-3-9(7-10)14(15,16)17/h2-7H,8H2,1H3,(H,18,19). The lowest BCUT2D eigenvalue weighted by Crippen LogP contribution is -2.12. The fraction of sp³-hybridized carbons (Fsp3) is 0.214. The number of nitrogens with one attached hydrogen (secondary N) is 1. The normalized spacial score (nSPS) is 11.4. The number of hydrogen-bond donors (Lipinski definition) is 1. The topological polar surface area (TPSA) is 51.5 Å². The summed E-state index contributed by atoms with van der Waals surface area (Å²) >= 11 is 0. The monoisotopic (exact) mass is 299 g/mol. The quantitative estimate of drug-likeness (QED) is 0.936. The molecule has 0 saturated heterocycles. The molecule has 2 aromatic rings. The van der Waals surface area contributed by atoms with Gasteiger partial charge < -0.3 is 14.5 Å². The third kappa shape index (κ3) is 3.85. The van der Waals surface area contributed by atoms with Crippen LogP contribution in [-0.4, -0.2) is 13.0 Å². The predicted octanol–water partition coefficient (Wildman–Crippen LogP) is 3.70. The summed E-state index contributed by atoms with van der Waals surface area (Å²) in [5.74, 6) is -0.178. The molecule has 0 atom stereocenters. The van der Waals surface area contributed by atoms with Crippen LogP contribution in [0.25, 0.3) is 0 Å². The summed E-state index contributed by atoms with van der Waals surface area (Å²) in [6, 6.07) is 7.36. The molecule has 0 aliphatic carbocycles. The van der Waals surface area contributed by atoms with Gasteiger partial charge in [0.1, 0.15) is 12.4 Å². The van der Waals surface area contributed by atoms with E-state index in [0.29, 0.717) is 5.76 Å². The smallest absolute Gasteiger partial charge is 0.416 e. The molecule has 1 amide bonds. The van der Waals surface area contributed by atoms with Crippen molar-refractivity contribution < 1.29 is 27.1 Å². The minimum absolute atomic E-state index is 0.000498. The molecule has 1 aromatic heterocycles. The van der Waals surface area contributed by atoms with Crippen LogP contribution in [0.1, 0.15) is 21.9 Å². The number of alkyl halides is 3. The van der Waals surface area contributed by atoms with Crippen molar-refractivity contribution in [3.8, 4) is 0 Å². The van der Waals surface area contributed by atoms with Crippen LogP contribution < -0.4 is 5.32 Å². The van der Waals surface area contributed by atoms with Crippen molar-refractivity contribution in [2.45, 2.75) is 12.8 Å². The van der Waals surface area contributed by atoms with E-state index in [-0.39, 0.29) is 18.1 Å². The highest BCUT2D eigenvalue weighted by molar-refractivity contribution is 6.02. The second-order valence-electron chi connectivity index (χ2n) is 4.23. The van der Waals surface area contributed by atoms with E-state index in [0.717, 1.165) is 12.1 Å². The van der Waals surface area contributed by atoms with E-state index in [1.54, 1.807) is 6.07 Å². The molecule has 0 aliphatic heterocycles. The van der Waals surface area contributed by atoms with Gasteiger partial charge in [-0.3, -0.25) is 4.79 Å². The molecular formula is C14H12F3NO3. The van der Waals surface area contributed by atoms with Gasteiger partial charge in [-0.2, -0.15) is 13.2 Å². The number of anilines is 1. The van der Waals surface area contributed by atoms with E-state index >= 15 is 0 Å². The lowest BCUT2D eigenvalue weighted by molar-refractivity contribution is -0.137. The highest BCUT2D eigenvalue weighted by Crippen LogP contribution is 2.30. The molecule has 0 bridgehead atoms. The van der Waals surface area contributed by atoms with Crippen LogP contribution in [0.3, 0.4) is 0 Å². The molecular weight excluding hydrogens is 287 g/mol. The average molecular weight is 299 g/mol. The number of carbonyl (C=O) groups is 1. The van der Waals surface area contributed by atoms with E-state index < -0.39 is 17.6 Å². The van der Waals surface area contributed by atoms with Gasteiger partial charge in [0.25, 0.3) is 5.91 Å². The number of halogens is 3. The predicted molar refractivity (Wildman–Crippen MR) is 68.8 cm³/mol. The zero-order valence-electron chi connectivity index (χ0n) is 11.0. The highest BCUT2D eigenvalue weighted by Gasteiger charge is 2.30. The van der Waals surface area contributed by atoms with E-state index in [1.165, 1.54) is 25.3 Å². The summed E-state index contributed by atoms with van der Waals surface area (Å²) < 4.78 is 47.8. The number of furan rings is 1. The van der Waals surface area contributed by atoms with Gasteiger partial charge in [0, 0.05) is 12.8 Å². The van der Waals surface area contributed by atoms with Gasteiger partial charge in [-0.15, -0.1) is 0 Å². The summed E-state index contributed by atoms with van der Waals surface area (Å²) in [7, 11) is 1.48. The van der Waals surface area contributed by atoms with Gasteiger partial charge in [-0.1, -0.05) is 6.07 Å². The molecule has 0 unspecified atom stereocenters. The molecule has 0 radical (unpaired) electrons. The molecule has 1 N–H and O–H groups in total. The summed E-state index contributed by atoms with van der Waals surface area (Å²) in [6.45, 7) is 0.205. The van der Waals surface area contributed by atoms with E-state index in [9.17, 15) is 18.0 Å². The molecule has 21 heavy (non-hydrogen) atoms. The first kappa shape index (κ1) is 15.1. The summed E-state index contributed by atoms with van der Waals surface area (Å²) in [5.41, 5.74) is -0.792. The van der Waals surface area contributed by atoms with Crippen molar-refractivity contribution in [2.24, 2.45) is 0 Å². The fourth-order valence-corrected chi connectivity index (χ4v) is 1.69. The first-order valence-corrected chi connectivity index (χ1v) is 5.96. The fourth-order valence-electron chi connectivity index (χ4n) is 1.69. The van der Waals surface area contributed by atoms with Crippen LogP contribution in [-0.2, 0) is 17.5 Å². The minimum Gasteiger partial charge on any atom is -0.453 e. The second kappa shape index (κ2) is 6.01. The lowest BCUT2D eigenvalue weighted by Gasteiger charge is -2.09. The van der Waals surface area contributed by atoms with Crippen molar-refractivity contribution in [2.75, 3.05) is 12.4 Å². The Balaban J connectivity index is 2.12. The van der Waals surface area contributed by atoms with Gasteiger partial charge in [-0.25, -0.2) is 0 Å². The zero-order chi connectivity index (χ0) is 15.5. The van der Waals surface area contributed by atoms with Crippen molar-refractivity contribution in [3.05, 3.63) is 53.5 Å². The van der Waals surface area contributed by atoms with E-state index in [4.69, 9.17) is 9.15 Å². The molecule has 4 nitrogen and oxygen atoms in total. The Labute approximate surface area is 118 Å². The third-order valence-electron chi connectivity index (χ3n) is 2.62. The van der Waals surface area contributed by atoms with Crippen LogP contribution in [0.5, 0.6) is 0 Å². The van der Waals surface area contributed by atoms with Crippen LogP contribution in [0.2, 0.25) is 0 Å². The largest absolute Gasteiger partial charge is 0.453 e. The SMILES string of the molecule is COCc1ccc(C(=O)Nc2cccc(C(F)(F)F)c2)o1. The van der Waals surface area contributed by atoms with Crippen molar-refractivity contribution >= 4 is 11.6 Å². The van der Waals surface area contributed by atoms with Gasteiger partial charge >= 0.3 is 6.18 Å². The van der Waals surface area contributed by atoms with Crippen molar-refractivity contribution in [1.29, 1.82) is 0 Å². The number of benzene rings is 1. The average Bonchev–Trinajstić information content (AvgIpc) is 2.87. The number of amides is 1. The number of ether oxygens (including phenoxy) is 1. The zero-order valence-corrected chi connectivity index (χ0v) is 11.0. The van der Waals surface area contributed by atoms with Crippen molar-refractivity contribution in [3.63, 3.8) is 0 Å². The van der Waals surface area contributed by atoms with E-state index in [2.05, 4.69) is 5.32 Å². The summed E-state index contributed by atoms with van der Waals surface area (Å²) in [6.07, 6.45) is -4.46. The molecule has 0 fully saturated rings. The Morgan fingerprint density at radius 1 is 1.29 bits per heavy atom. The molecule has 112 valence electrons. The van der Waals surface area contributed by atoms with Gasteiger partial charge in [0.2, 0.25) is 0 Å². The Morgan fingerprint density at radius 2 is 2.05 bits per heavy atom. The number of carbonyl (C=O) groups excluding carboxylic acids is 1. The molecule has 7 heteroatoms. The highest BCUT2D eigenvalue weighted by atomic mass is 19.4. The van der Waals surface area contributed by atoms with Gasteiger partial charge in [0.15, 0.2) is 5.76 Å². The maximum absolute atomic E-state index is 12.6. The van der Waals surface area contributed by atoms with E-state index in [1.807, 2.05) is 0 Å². The first-order valence-electron chi connectivity index (χ1n) is 5.96. The maximum Gasteiger partial charge on any atom is 0.416 e. The number of hydrogen-bond acceptors (Lipinski definition) is 3. The van der Waals surface area contributed by atoms with Crippen LogP contribution in [0, 0.1) is 0 Å². The Hall–Kier alpha value is -2.28. The lowest BCUT2D eigenvalue weighted by atomic mass is 10.2. The Kier molecular flexibility index (Phi) is 4.32. The van der Waals surface area contributed by atoms with Crippen molar-refractivity contribution in [1.82, 2.24) is 0 Å². The van der Waals surface area contributed by atoms with Crippen LogP contribution >= 0.6 is 0 Å². The molecule has 1 heterocycles.